The molecule has 0 aliphatic heterocycles. The second-order valence-corrected chi connectivity index (χ2v) is 4.96. The highest BCUT2D eigenvalue weighted by Gasteiger charge is 2.17. The molecule has 7 nitrogen and oxygen atoms in total. The summed E-state index contributed by atoms with van der Waals surface area (Å²) in [5.41, 5.74) is 9.31. The third-order valence-corrected chi connectivity index (χ3v) is 3.67. The van der Waals surface area contributed by atoms with E-state index in [0.717, 1.165) is 22.8 Å². The average molecular weight is 284 g/mol. The van der Waals surface area contributed by atoms with E-state index in [1.165, 1.54) is 4.68 Å². The van der Waals surface area contributed by atoms with Gasteiger partial charge in [0.25, 0.3) is 5.91 Å². The van der Waals surface area contributed by atoms with Gasteiger partial charge in [0.2, 0.25) is 0 Å². The van der Waals surface area contributed by atoms with E-state index < -0.39 is 0 Å². The minimum absolute atomic E-state index is 0.196. The quantitative estimate of drug-likeness (QED) is 0.758. The fourth-order valence-corrected chi connectivity index (χ4v) is 2.43. The monoisotopic (exact) mass is 284 g/mol. The molecule has 0 unspecified atom stereocenters. The summed E-state index contributed by atoms with van der Waals surface area (Å²) in [5.74, 6) is 0.582. The number of nitrogens with zero attached hydrogens (tertiary/aromatic N) is 5. The molecular weight excluding hydrogens is 268 g/mol. The van der Waals surface area contributed by atoms with Crippen LogP contribution >= 0.6 is 0 Å². The van der Waals surface area contributed by atoms with E-state index in [4.69, 9.17) is 5.73 Å². The molecule has 3 heterocycles. The Morgan fingerprint density at radius 2 is 2.05 bits per heavy atom. The van der Waals surface area contributed by atoms with Gasteiger partial charge in [-0.2, -0.15) is 5.10 Å². The van der Waals surface area contributed by atoms with E-state index in [9.17, 15) is 4.79 Å². The normalized spacial score (nSPS) is 11.2. The third-order valence-electron chi connectivity index (χ3n) is 3.67. The molecule has 0 aliphatic rings. The van der Waals surface area contributed by atoms with Gasteiger partial charge in [0, 0.05) is 29.6 Å². The molecule has 0 aromatic carbocycles. The Hall–Kier alpha value is -2.54. The predicted octanol–water partition coefficient (Wildman–Crippen LogP) is 0.998. The van der Waals surface area contributed by atoms with Crippen LogP contribution in [0, 0.1) is 20.8 Å². The number of nitrogens with two attached hydrogens (primary N) is 1. The Labute approximate surface area is 121 Å². The summed E-state index contributed by atoms with van der Waals surface area (Å²) in [6.07, 6.45) is 1.79. The van der Waals surface area contributed by atoms with Gasteiger partial charge in [-0.25, -0.2) is 4.68 Å². The lowest BCUT2D eigenvalue weighted by molar-refractivity contribution is 0.0942. The summed E-state index contributed by atoms with van der Waals surface area (Å²) in [5, 5.41) is 12.3. The Morgan fingerprint density at radius 3 is 2.71 bits per heavy atom. The maximum absolute atomic E-state index is 12.6. The minimum atomic E-state index is -0.196. The highest BCUT2D eigenvalue weighted by atomic mass is 16.2. The second kappa shape index (κ2) is 4.78. The SMILES string of the molecule is Cc1nn(C(=O)c2ccn3c(C)nnc3c2)c(C)c1CN. The molecule has 0 saturated carbocycles. The van der Waals surface area contributed by atoms with Gasteiger partial charge in [-0.1, -0.05) is 0 Å². The van der Waals surface area contributed by atoms with Crippen LogP contribution in [0.3, 0.4) is 0 Å². The maximum atomic E-state index is 12.6. The number of carbonyl (C=O) groups is 1. The first-order valence-electron chi connectivity index (χ1n) is 6.64. The zero-order valence-electron chi connectivity index (χ0n) is 12.2. The second-order valence-electron chi connectivity index (χ2n) is 4.96. The first kappa shape index (κ1) is 13.4. The standard InChI is InChI=1S/C14H16N6O/c1-8-12(7-15)9(2)20(18-8)14(21)11-4-5-19-10(3)16-17-13(19)6-11/h4-6H,7,15H2,1-3H3. The number of carbonyl (C=O) groups excluding carboxylic acids is 1. The van der Waals surface area contributed by atoms with Gasteiger partial charge in [-0.15, -0.1) is 10.2 Å². The van der Waals surface area contributed by atoms with Crippen LogP contribution in [-0.2, 0) is 6.54 Å². The number of hydrogen-bond acceptors (Lipinski definition) is 5. The van der Waals surface area contributed by atoms with Gasteiger partial charge in [0.05, 0.1) is 5.69 Å². The molecule has 3 aromatic heterocycles. The van der Waals surface area contributed by atoms with Crippen molar-refractivity contribution in [3.8, 4) is 0 Å². The van der Waals surface area contributed by atoms with Crippen molar-refractivity contribution in [3.05, 3.63) is 46.7 Å². The maximum Gasteiger partial charge on any atom is 0.278 e. The van der Waals surface area contributed by atoms with Crippen molar-refractivity contribution in [3.63, 3.8) is 0 Å². The van der Waals surface area contributed by atoms with Gasteiger partial charge < -0.3 is 5.73 Å². The topological polar surface area (TPSA) is 91.1 Å². The molecule has 21 heavy (non-hydrogen) atoms. The first-order valence-corrected chi connectivity index (χ1v) is 6.64. The van der Waals surface area contributed by atoms with Crippen LogP contribution < -0.4 is 5.73 Å². The number of fused-ring (bicyclic) bond motifs is 1. The molecule has 3 rings (SSSR count). The summed E-state index contributed by atoms with van der Waals surface area (Å²) in [4.78, 5) is 12.6. The molecule has 0 spiro atoms. The van der Waals surface area contributed by atoms with Crippen molar-refractivity contribution < 1.29 is 4.79 Å². The molecular formula is C14H16N6O. The van der Waals surface area contributed by atoms with Crippen LogP contribution in [0.25, 0.3) is 5.65 Å². The van der Waals surface area contributed by atoms with E-state index in [1.807, 2.05) is 25.2 Å². The molecule has 108 valence electrons. The molecule has 0 aliphatic carbocycles. The van der Waals surface area contributed by atoms with E-state index in [0.29, 0.717) is 17.8 Å². The molecule has 0 bridgehead atoms. The molecule has 0 amide bonds. The molecule has 0 atom stereocenters. The summed E-state index contributed by atoms with van der Waals surface area (Å²) >= 11 is 0. The van der Waals surface area contributed by atoms with Gasteiger partial charge in [0.15, 0.2) is 5.65 Å². The number of rotatable bonds is 2. The zero-order chi connectivity index (χ0) is 15.1. The van der Waals surface area contributed by atoms with E-state index in [1.54, 1.807) is 18.3 Å². The molecule has 0 radical (unpaired) electrons. The molecule has 0 fully saturated rings. The molecule has 3 aromatic rings. The summed E-state index contributed by atoms with van der Waals surface area (Å²) in [7, 11) is 0. The minimum Gasteiger partial charge on any atom is -0.326 e. The Morgan fingerprint density at radius 1 is 1.29 bits per heavy atom. The molecule has 7 heteroatoms. The Bertz CT molecular complexity index is 845. The summed E-state index contributed by atoms with van der Waals surface area (Å²) in [6.45, 7) is 5.92. The van der Waals surface area contributed by atoms with E-state index >= 15 is 0 Å². The summed E-state index contributed by atoms with van der Waals surface area (Å²) in [6, 6.07) is 3.45. The van der Waals surface area contributed by atoms with E-state index in [2.05, 4.69) is 15.3 Å². The number of pyridine rings is 1. The summed E-state index contributed by atoms with van der Waals surface area (Å²) < 4.78 is 3.22. The van der Waals surface area contributed by atoms with Crippen LogP contribution in [0.1, 0.15) is 33.1 Å². The van der Waals surface area contributed by atoms with Crippen LogP contribution in [0.4, 0.5) is 0 Å². The zero-order valence-corrected chi connectivity index (χ0v) is 12.2. The molecule has 2 N–H and O–H groups in total. The lowest BCUT2D eigenvalue weighted by atomic mass is 10.2. The fraction of sp³-hybridized carbons (Fsp3) is 0.286. The average Bonchev–Trinajstić information content (AvgIpc) is 2.98. The van der Waals surface area contributed by atoms with Crippen molar-refractivity contribution in [1.82, 2.24) is 24.4 Å². The number of aromatic nitrogens is 5. The van der Waals surface area contributed by atoms with Gasteiger partial charge in [-0.05, 0) is 32.9 Å². The van der Waals surface area contributed by atoms with Crippen molar-refractivity contribution in [2.45, 2.75) is 27.3 Å². The van der Waals surface area contributed by atoms with Crippen molar-refractivity contribution in [2.24, 2.45) is 5.73 Å². The smallest absolute Gasteiger partial charge is 0.278 e. The Kier molecular flexibility index (Phi) is 3.06. The number of hydrogen-bond donors (Lipinski definition) is 1. The van der Waals surface area contributed by atoms with Gasteiger partial charge in [0.1, 0.15) is 5.82 Å². The van der Waals surface area contributed by atoms with Crippen LogP contribution in [0.2, 0.25) is 0 Å². The van der Waals surface area contributed by atoms with Crippen LogP contribution in [0.5, 0.6) is 0 Å². The van der Waals surface area contributed by atoms with Crippen LogP contribution in [0.15, 0.2) is 18.3 Å². The van der Waals surface area contributed by atoms with Crippen molar-refractivity contribution in [1.29, 1.82) is 0 Å². The van der Waals surface area contributed by atoms with E-state index in [-0.39, 0.29) is 5.91 Å². The van der Waals surface area contributed by atoms with Gasteiger partial charge >= 0.3 is 0 Å². The lowest BCUT2D eigenvalue weighted by Crippen LogP contribution is -2.16. The number of aryl methyl sites for hydroxylation is 2. The lowest BCUT2D eigenvalue weighted by Gasteiger charge is -2.04. The first-order chi connectivity index (χ1) is 10.0. The molecule has 0 saturated heterocycles. The van der Waals surface area contributed by atoms with Gasteiger partial charge in [-0.3, -0.25) is 9.20 Å². The largest absolute Gasteiger partial charge is 0.326 e. The Balaban J connectivity index is 2.08. The van der Waals surface area contributed by atoms with Crippen molar-refractivity contribution >= 4 is 11.6 Å². The highest BCUT2D eigenvalue weighted by molar-refractivity contribution is 5.96. The predicted molar refractivity (Wildman–Crippen MR) is 77.0 cm³/mol. The fourth-order valence-electron chi connectivity index (χ4n) is 2.43. The van der Waals surface area contributed by atoms with Crippen LogP contribution in [-0.4, -0.2) is 30.3 Å². The third kappa shape index (κ3) is 2.02. The van der Waals surface area contributed by atoms with Crippen molar-refractivity contribution in [2.75, 3.05) is 0 Å². The highest BCUT2D eigenvalue weighted by Crippen LogP contribution is 2.15.